The molecule has 0 spiro atoms. The quantitative estimate of drug-likeness (QED) is 0.762. The first-order valence-electron chi connectivity index (χ1n) is 6.01. The Hall–Kier alpha value is -0.940. The third-order valence-corrected chi connectivity index (χ3v) is 3.38. The Bertz CT molecular complexity index is 327. The summed E-state index contributed by atoms with van der Waals surface area (Å²) in [6, 6.07) is -0.158. The van der Waals surface area contributed by atoms with E-state index in [1.54, 1.807) is 17.5 Å². The Morgan fingerprint density at radius 3 is 2.88 bits per heavy atom. The van der Waals surface area contributed by atoms with E-state index in [1.165, 1.54) is 0 Å². The zero-order valence-corrected chi connectivity index (χ0v) is 11.4. The van der Waals surface area contributed by atoms with E-state index in [0.29, 0.717) is 6.61 Å². The highest BCUT2D eigenvalue weighted by atomic mass is 32.1. The van der Waals surface area contributed by atoms with E-state index >= 15 is 0 Å². The summed E-state index contributed by atoms with van der Waals surface area (Å²) in [5.41, 5.74) is 0. The number of thiazole rings is 1. The summed E-state index contributed by atoms with van der Waals surface area (Å²) in [6.07, 6.45) is 3.51. The summed E-state index contributed by atoms with van der Waals surface area (Å²) >= 11 is 1.59. The summed E-state index contributed by atoms with van der Waals surface area (Å²) in [7, 11) is 0. The SMILES string of the molecule is CCCC(NC(C)c1nccs1)C(=O)OCC. The topological polar surface area (TPSA) is 51.2 Å². The molecule has 0 radical (unpaired) electrons. The second-order valence-corrected chi connectivity index (χ2v) is 4.78. The lowest BCUT2D eigenvalue weighted by Gasteiger charge is -2.20. The zero-order chi connectivity index (χ0) is 12.7. The molecule has 0 bridgehead atoms. The molecule has 0 aromatic carbocycles. The van der Waals surface area contributed by atoms with Crippen LogP contribution in [0.15, 0.2) is 11.6 Å². The van der Waals surface area contributed by atoms with Crippen LogP contribution < -0.4 is 5.32 Å². The third kappa shape index (κ3) is 4.44. The van der Waals surface area contributed by atoms with Gasteiger partial charge in [0.1, 0.15) is 11.0 Å². The highest BCUT2D eigenvalue weighted by molar-refractivity contribution is 7.09. The Morgan fingerprint density at radius 2 is 2.35 bits per heavy atom. The molecule has 2 atom stereocenters. The average molecular weight is 256 g/mol. The van der Waals surface area contributed by atoms with E-state index in [9.17, 15) is 4.79 Å². The molecule has 5 heteroatoms. The first-order valence-corrected chi connectivity index (χ1v) is 6.89. The molecule has 1 aromatic heterocycles. The van der Waals surface area contributed by atoms with Crippen LogP contribution in [-0.4, -0.2) is 23.6 Å². The van der Waals surface area contributed by atoms with E-state index in [2.05, 4.69) is 17.2 Å². The van der Waals surface area contributed by atoms with Gasteiger partial charge in [0.25, 0.3) is 0 Å². The predicted octanol–water partition coefficient (Wildman–Crippen LogP) is 2.53. The molecule has 1 N–H and O–H groups in total. The van der Waals surface area contributed by atoms with Gasteiger partial charge in [0.2, 0.25) is 0 Å². The smallest absolute Gasteiger partial charge is 0.323 e. The number of carbonyl (C=O) groups excluding carboxylic acids is 1. The van der Waals surface area contributed by atoms with E-state index in [-0.39, 0.29) is 18.1 Å². The maximum Gasteiger partial charge on any atom is 0.323 e. The number of rotatable bonds is 7. The van der Waals surface area contributed by atoms with Gasteiger partial charge in [-0.3, -0.25) is 10.1 Å². The summed E-state index contributed by atoms with van der Waals surface area (Å²) in [5.74, 6) is -0.169. The van der Waals surface area contributed by atoms with Gasteiger partial charge in [-0.05, 0) is 20.3 Å². The maximum absolute atomic E-state index is 11.7. The van der Waals surface area contributed by atoms with Gasteiger partial charge in [-0.15, -0.1) is 11.3 Å². The van der Waals surface area contributed by atoms with E-state index in [1.807, 2.05) is 19.2 Å². The third-order valence-electron chi connectivity index (χ3n) is 2.42. The molecule has 0 amide bonds. The summed E-state index contributed by atoms with van der Waals surface area (Å²) in [5, 5.41) is 6.21. The van der Waals surface area contributed by atoms with Crippen molar-refractivity contribution in [1.29, 1.82) is 0 Å². The molecule has 0 aliphatic rings. The first-order chi connectivity index (χ1) is 8.19. The van der Waals surface area contributed by atoms with Crippen molar-refractivity contribution in [2.24, 2.45) is 0 Å². The standard InChI is InChI=1S/C12H20N2O2S/c1-4-6-10(12(15)16-5-2)14-9(3)11-13-7-8-17-11/h7-10,14H,4-6H2,1-3H3. The molecule has 0 saturated carbocycles. The van der Waals surface area contributed by atoms with Crippen molar-refractivity contribution in [3.05, 3.63) is 16.6 Å². The van der Waals surface area contributed by atoms with Crippen LogP contribution in [-0.2, 0) is 9.53 Å². The molecule has 0 fully saturated rings. The van der Waals surface area contributed by atoms with Gasteiger partial charge in [0, 0.05) is 11.6 Å². The molecule has 1 rings (SSSR count). The van der Waals surface area contributed by atoms with Crippen molar-refractivity contribution in [2.45, 2.75) is 45.7 Å². The Labute approximate surface area is 106 Å². The number of nitrogens with one attached hydrogen (secondary N) is 1. The van der Waals surface area contributed by atoms with E-state index < -0.39 is 0 Å². The molecule has 2 unspecified atom stereocenters. The molecule has 96 valence electrons. The molecule has 1 aromatic rings. The summed E-state index contributed by atoms with van der Waals surface area (Å²) in [4.78, 5) is 16.0. The van der Waals surface area contributed by atoms with Crippen LogP contribution in [0.25, 0.3) is 0 Å². The fourth-order valence-corrected chi connectivity index (χ4v) is 2.28. The Morgan fingerprint density at radius 1 is 1.59 bits per heavy atom. The molecular weight excluding hydrogens is 236 g/mol. The number of nitrogens with zero attached hydrogens (tertiary/aromatic N) is 1. The van der Waals surface area contributed by atoms with Crippen LogP contribution in [0, 0.1) is 0 Å². The Kier molecular flexibility index (Phi) is 6.15. The predicted molar refractivity (Wildman–Crippen MR) is 69.0 cm³/mol. The van der Waals surface area contributed by atoms with Gasteiger partial charge < -0.3 is 4.74 Å². The van der Waals surface area contributed by atoms with Crippen molar-refractivity contribution in [2.75, 3.05) is 6.61 Å². The van der Waals surface area contributed by atoms with Gasteiger partial charge in [-0.25, -0.2) is 4.98 Å². The number of esters is 1. The number of aromatic nitrogens is 1. The van der Waals surface area contributed by atoms with Crippen LogP contribution >= 0.6 is 11.3 Å². The van der Waals surface area contributed by atoms with Gasteiger partial charge in [-0.2, -0.15) is 0 Å². The van der Waals surface area contributed by atoms with Crippen LogP contribution in [0.1, 0.15) is 44.7 Å². The molecule has 0 aliphatic heterocycles. The number of hydrogen-bond acceptors (Lipinski definition) is 5. The van der Waals surface area contributed by atoms with Crippen LogP contribution in [0.2, 0.25) is 0 Å². The van der Waals surface area contributed by atoms with Crippen molar-refractivity contribution in [3.63, 3.8) is 0 Å². The van der Waals surface area contributed by atoms with Gasteiger partial charge in [0.15, 0.2) is 0 Å². The number of ether oxygens (including phenoxy) is 1. The lowest BCUT2D eigenvalue weighted by atomic mass is 10.1. The highest BCUT2D eigenvalue weighted by Gasteiger charge is 2.21. The van der Waals surface area contributed by atoms with Crippen LogP contribution in [0.5, 0.6) is 0 Å². The lowest BCUT2D eigenvalue weighted by molar-refractivity contribution is -0.146. The van der Waals surface area contributed by atoms with Crippen molar-refractivity contribution < 1.29 is 9.53 Å². The average Bonchev–Trinajstić information content (AvgIpc) is 2.82. The van der Waals surface area contributed by atoms with Gasteiger partial charge in [-0.1, -0.05) is 13.3 Å². The highest BCUT2D eigenvalue weighted by Crippen LogP contribution is 2.16. The minimum atomic E-state index is -0.237. The zero-order valence-electron chi connectivity index (χ0n) is 10.6. The lowest BCUT2D eigenvalue weighted by Crippen LogP contribution is -2.39. The molecule has 4 nitrogen and oxygen atoms in total. The van der Waals surface area contributed by atoms with Crippen LogP contribution in [0.4, 0.5) is 0 Å². The molecule has 1 heterocycles. The fraction of sp³-hybridized carbons (Fsp3) is 0.667. The summed E-state index contributed by atoms with van der Waals surface area (Å²) in [6.45, 7) is 6.32. The monoisotopic (exact) mass is 256 g/mol. The molecule has 0 saturated heterocycles. The first kappa shape index (κ1) is 14.1. The second-order valence-electron chi connectivity index (χ2n) is 3.85. The van der Waals surface area contributed by atoms with Gasteiger partial charge in [0.05, 0.1) is 12.6 Å². The molecular formula is C12H20N2O2S. The number of carbonyl (C=O) groups is 1. The van der Waals surface area contributed by atoms with E-state index in [4.69, 9.17) is 4.74 Å². The van der Waals surface area contributed by atoms with Crippen LogP contribution in [0.3, 0.4) is 0 Å². The minimum Gasteiger partial charge on any atom is -0.465 e. The van der Waals surface area contributed by atoms with Crippen molar-refractivity contribution >= 4 is 17.3 Å². The van der Waals surface area contributed by atoms with Crippen molar-refractivity contribution in [1.82, 2.24) is 10.3 Å². The van der Waals surface area contributed by atoms with Gasteiger partial charge >= 0.3 is 5.97 Å². The second kappa shape index (κ2) is 7.40. The van der Waals surface area contributed by atoms with Crippen molar-refractivity contribution in [3.8, 4) is 0 Å². The minimum absolute atomic E-state index is 0.0796. The number of hydrogen-bond donors (Lipinski definition) is 1. The van der Waals surface area contributed by atoms with E-state index in [0.717, 1.165) is 17.8 Å². The molecule has 17 heavy (non-hydrogen) atoms. The Balaban J connectivity index is 2.56. The summed E-state index contributed by atoms with van der Waals surface area (Å²) < 4.78 is 5.06. The maximum atomic E-state index is 11.7. The normalized spacial score (nSPS) is 14.3. The largest absolute Gasteiger partial charge is 0.465 e. The molecule has 0 aliphatic carbocycles. The fourth-order valence-electron chi connectivity index (χ4n) is 1.62.